The molecule has 128 valence electrons. The van der Waals surface area contributed by atoms with Gasteiger partial charge in [-0.05, 0) is 23.3 Å². The van der Waals surface area contributed by atoms with Crippen molar-refractivity contribution in [3.05, 3.63) is 90.8 Å². The Bertz CT molecular complexity index is 949. The molecule has 0 atom stereocenters. The zero-order chi connectivity index (χ0) is 17.6. The third-order valence-electron chi connectivity index (χ3n) is 4.02. The first-order valence-corrected chi connectivity index (χ1v) is 8.39. The molecule has 6 heteroatoms. The fraction of sp³-hybridized carbons (Fsp3) is 0.100. The van der Waals surface area contributed by atoms with Crippen LogP contribution in [0.4, 0.5) is 5.95 Å². The number of pyridine rings is 1. The van der Waals surface area contributed by atoms with Gasteiger partial charge in [-0.3, -0.25) is 4.98 Å². The molecule has 1 N–H and O–H groups in total. The van der Waals surface area contributed by atoms with Crippen LogP contribution in [0.1, 0.15) is 11.1 Å². The first kappa shape index (κ1) is 16.0. The van der Waals surface area contributed by atoms with Gasteiger partial charge in [-0.15, -0.1) is 0 Å². The van der Waals surface area contributed by atoms with E-state index in [4.69, 9.17) is 0 Å². The zero-order valence-corrected chi connectivity index (χ0v) is 14.2. The predicted octanol–water partition coefficient (Wildman–Crippen LogP) is 3.40. The van der Waals surface area contributed by atoms with Crippen LogP contribution < -0.4 is 5.32 Å². The van der Waals surface area contributed by atoms with Crippen LogP contribution in [0.15, 0.2) is 79.6 Å². The van der Waals surface area contributed by atoms with Crippen molar-refractivity contribution in [3.8, 4) is 11.4 Å². The molecule has 0 saturated heterocycles. The van der Waals surface area contributed by atoms with Crippen molar-refractivity contribution in [1.82, 2.24) is 24.5 Å². The number of benzene rings is 1. The number of aromatic nitrogens is 5. The minimum atomic E-state index is 0.602. The maximum atomic E-state index is 4.45. The normalized spacial score (nSPS) is 10.6. The highest BCUT2D eigenvalue weighted by Crippen LogP contribution is 2.17. The summed E-state index contributed by atoms with van der Waals surface area (Å²) in [6.07, 6.45) is 10.9. The van der Waals surface area contributed by atoms with E-state index >= 15 is 0 Å². The first-order valence-electron chi connectivity index (χ1n) is 8.39. The first-order chi connectivity index (χ1) is 12.9. The van der Waals surface area contributed by atoms with Crippen molar-refractivity contribution in [2.24, 2.45) is 0 Å². The van der Waals surface area contributed by atoms with Crippen LogP contribution in [0, 0.1) is 0 Å². The third kappa shape index (κ3) is 3.75. The summed E-state index contributed by atoms with van der Waals surface area (Å²) in [5, 5.41) is 3.23. The number of hydrogen-bond donors (Lipinski definition) is 1. The summed E-state index contributed by atoms with van der Waals surface area (Å²) < 4.78 is 2.07. The molecule has 0 saturated carbocycles. The predicted molar refractivity (Wildman–Crippen MR) is 100 cm³/mol. The number of nitrogens with one attached hydrogen (secondary N) is 1. The highest BCUT2D eigenvalue weighted by atomic mass is 15.1. The fourth-order valence-corrected chi connectivity index (χ4v) is 2.69. The van der Waals surface area contributed by atoms with E-state index in [9.17, 15) is 0 Å². The summed E-state index contributed by atoms with van der Waals surface area (Å²) in [6, 6.07) is 14.2. The Balaban J connectivity index is 1.46. The molecule has 0 bridgehead atoms. The maximum Gasteiger partial charge on any atom is 0.222 e. The second kappa shape index (κ2) is 7.57. The van der Waals surface area contributed by atoms with Gasteiger partial charge < -0.3 is 9.88 Å². The van der Waals surface area contributed by atoms with Gasteiger partial charge in [-0.1, -0.05) is 30.3 Å². The standard InChI is InChI=1S/C20H18N6/c1-2-4-16(5-3-1)12-23-20-24-13-18(14-25-20)19-22-10-11-26(19)15-17-6-8-21-9-7-17/h1-11,13-14H,12,15H2,(H,23,24,25). The van der Waals surface area contributed by atoms with E-state index < -0.39 is 0 Å². The number of anilines is 1. The minimum Gasteiger partial charge on any atom is -0.350 e. The third-order valence-corrected chi connectivity index (χ3v) is 4.02. The molecule has 0 unspecified atom stereocenters. The average molecular weight is 342 g/mol. The quantitative estimate of drug-likeness (QED) is 0.582. The Morgan fingerprint density at radius 2 is 1.58 bits per heavy atom. The van der Waals surface area contributed by atoms with Crippen molar-refractivity contribution in [3.63, 3.8) is 0 Å². The van der Waals surface area contributed by atoms with Gasteiger partial charge in [0.2, 0.25) is 5.95 Å². The monoisotopic (exact) mass is 342 g/mol. The number of imidazole rings is 1. The summed E-state index contributed by atoms with van der Waals surface area (Å²) in [6.45, 7) is 1.42. The molecule has 0 aliphatic rings. The smallest absolute Gasteiger partial charge is 0.222 e. The van der Waals surface area contributed by atoms with Gasteiger partial charge in [0.25, 0.3) is 0 Å². The second-order valence-electron chi connectivity index (χ2n) is 5.87. The lowest BCUT2D eigenvalue weighted by Crippen LogP contribution is -2.05. The van der Waals surface area contributed by atoms with Gasteiger partial charge >= 0.3 is 0 Å². The highest BCUT2D eigenvalue weighted by molar-refractivity contribution is 5.54. The molecule has 0 amide bonds. The lowest BCUT2D eigenvalue weighted by atomic mass is 10.2. The van der Waals surface area contributed by atoms with Gasteiger partial charge in [0.05, 0.1) is 5.56 Å². The molecule has 0 aliphatic heterocycles. The van der Waals surface area contributed by atoms with E-state index in [0.29, 0.717) is 12.5 Å². The number of rotatable bonds is 6. The van der Waals surface area contributed by atoms with Crippen LogP contribution in [0.25, 0.3) is 11.4 Å². The summed E-state index contributed by atoms with van der Waals surface area (Å²) in [5.74, 6) is 1.45. The van der Waals surface area contributed by atoms with Gasteiger partial charge in [0, 0.05) is 50.3 Å². The van der Waals surface area contributed by atoms with Gasteiger partial charge in [-0.2, -0.15) is 0 Å². The minimum absolute atomic E-state index is 0.602. The molecule has 0 fully saturated rings. The molecule has 0 spiro atoms. The Labute approximate surface area is 151 Å². The molecule has 3 heterocycles. The average Bonchev–Trinajstić information content (AvgIpc) is 3.16. The highest BCUT2D eigenvalue weighted by Gasteiger charge is 2.08. The molecule has 4 rings (SSSR count). The van der Waals surface area contributed by atoms with Crippen LogP contribution in [0.3, 0.4) is 0 Å². The van der Waals surface area contributed by atoms with Crippen LogP contribution >= 0.6 is 0 Å². The van der Waals surface area contributed by atoms with Crippen molar-refractivity contribution in [1.29, 1.82) is 0 Å². The van der Waals surface area contributed by atoms with E-state index in [2.05, 4.69) is 42.0 Å². The molecule has 1 aromatic carbocycles. The zero-order valence-electron chi connectivity index (χ0n) is 14.2. The molecule has 4 aromatic rings. The molecule has 26 heavy (non-hydrogen) atoms. The molecule has 6 nitrogen and oxygen atoms in total. The number of nitrogens with zero attached hydrogens (tertiary/aromatic N) is 5. The Kier molecular flexibility index (Phi) is 4.64. The van der Waals surface area contributed by atoms with Gasteiger partial charge in [-0.25, -0.2) is 15.0 Å². The van der Waals surface area contributed by atoms with E-state index in [1.807, 2.05) is 36.5 Å². The lowest BCUT2D eigenvalue weighted by Gasteiger charge is -2.09. The summed E-state index contributed by atoms with van der Waals surface area (Å²) in [5.41, 5.74) is 3.24. The summed E-state index contributed by atoms with van der Waals surface area (Å²) >= 11 is 0. The second-order valence-corrected chi connectivity index (χ2v) is 5.87. The Hall–Kier alpha value is -3.54. The maximum absolute atomic E-state index is 4.45. The SMILES string of the molecule is c1ccc(CNc2ncc(-c3nccn3Cc3ccncc3)cn2)cc1. The Morgan fingerprint density at radius 3 is 2.35 bits per heavy atom. The Morgan fingerprint density at radius 1 is 0.808 bits per heavy atom. The lowest BCUT2D eigenvalue weighted by molar-refractivity contribution is 0.804. The van der Waals surface area contributed by atoms with Crippen molar-refractivity contribution < 1.29 is 0 Å². The fourth-order valence-electron chi connectivity index (χ4n) is 2.69. The number of hydrogen-bond acceptors (Lipinski definition) is 5. The van der Waals surface area contributed by atoms with Crippen LogP contribution in [0.5, 0.6) is 0 Å². The molecular weight excluding hydrogens is 324 g/mol. The topological polar surface area (TPSA) is 68.5 Å². The van der Waals surface area contributed by atoms with Crippen LogP contribution in [-0.4, -0.2) is 24.5 Å². The van der Waals surface area contributed by atoms with Crippen LogP contribution in [-0.2, 0) is 13.1 Å². The van der Waals surface area contributed by atoms with E-state index in [1.165, 1.54) is 11.1 Å². The van der Waals surface area contributed by atoms with Gasteiger partial charge in [0.1, 0.15) is 5.82 Å². The molecule has 0 aliphatic carbocycles. The van der Waals surface area contributed by atoms with E-state index in [-0.39, 0.29) is 0 Å². The largest absolute Gasteiger partial charge is 0.350 e. The summed E-state index contributed by atoms with van der Waals surface area (Å²) in [4.78, 5) is 17.3. The molecule has 3 aromatic heterocycles. The van der Waals surface area contributed by atoms with Gasteiger partial charge in [0.15, 0.2) is 0 Å². The van der Waals surface area contributed by atoms with E-state index in [1.54, 1.807) is 31.0 Å². The van der Waals surface area contributed by atoms with E-state index in [0.717, 1.165) is 17.9 Å². The van der Waals surface area contributed by atoms with Crippen molar-refractivity contribution in [2.75, 3.05) is 5.32 Å². The van der Waals surface area contributed by atoms with Crippen molar-refractivity contribution >= 4 is 5.95 Å². The summed E-state index contributed by atoms with van der Waals surface area (Å²) in [7, 11) is 0. The molecular formula is C20H18N6. The molecule has 0 radical (unpaired) electrons. The van der Waals surface area contributed by atoms with Crippen molar-refractivity contribution in [2.45, 2.75) is 13.1 Å². The van der Waals surface area contributed by atoms with Crippen LogP contribution in [0.2, 0.25) is 0 Å².